The van der Waals surface area contributed by atoms with Gasteiger partial charge in [0.05, 0.1) is 6.10 Å². The maximum Gasteiger partial charge on any atom is 0.161 e. The van der Waals surface area contributed by atoms with Gasteiger partial charge in [-0.2, -0.15) is 0 Å². The van der Waals surface area contributed by atoms with E-state index in [2.05, 4.69) is 0 Å². The Hall–Kier alpha value is -1.07. The van der Waals surface area contributed by atoms with Crippen LogP contribution >= 0.6 is 0 Å². The first kappa shape index (κ1) is 11.0. The molecule has 2 atom stereocenters. The van der Waals surface area contributed by atoms with Crippen molar-refractivity contribution in [2.75, 3.05) is 0 Å². The standard InChI is InChI=1S/C9H10F3NO/c1-4(13)9(14)5-2-7(11)8(12)3-6(5)10/h2-4,9,14H,13H2,1H3/t4-,9+/m1/s1. The summed E-state index contributed by atoms with van der Waals surface area (Å²) in [5, 5.41) is 9.34. The van der Waals surface area contributed by atoms with Crippen LogP contribution in [0.3, 0.4) is 0 Å². The smallest absolute Gasteiger partial charge is 0.161 e. The van der Waals surface area contributed by atoms with Crippen LogP contribution in [0.15, 0.2) is 12.1 Å². The van der Waals surface area contributed by atoms with Crippen LogP contribution in [0.2, 0.25) is 0 Å². The molecule has 78 valence electrons. The maximum absolute atomic E-state index is 13.0. The molecule has 0 fully saturated rings. The molecule has 1 aromatic rings. The first-order chi connectivity index (χ1) is 6.43. The molecule has 3 N–H and O–H groups in total. The van der Waals surface area contributed by atoms with Crippen molar-refractivity contribution in [3.8, 4) is 0 Å². The molecule has 0 aliphatic rings. The Labute approximate surface area is 79.2 Å². The van der Waals surface area contributed by atoms with Gasteiger partial charge >= 0.3 is 0 Å². The lowest BCUT2D eigenvalue weighted by atomic mass is 10.0. The molecule has 14 heavy (non-hydrogen) atoms. The highest BCUT2D eigenvalue weighted by Gasteiger charge is 2.19. The molecule has 0 bridgehead atoms. The van der Waals surface area contributed by atoms with Crippen LogP contribution in [0.1, 0.15) is 18.6 Å². The van der Waals surface area contributed by atoms with E-state index in [1.165, 1.54) is 6.92 Å². The van der Waals surface area contributed by atoms with Gasteiger partial charge in [0.25, 0.3) is 0 Å². The Morgan fingerprint density at radius 2 is 1.64 bits per heavy atom. The summed E-state index contributed by atoms with van der Waals surface area (Å²) in [7, 11) is 0. The Morgan fingerprint density at radius 1 is 1.14 bits per heavy atom. The van der Waals surface area contributed by atoms with E-state index in [1.54, 1.807) is 0 Å². The zero-order valence-electron chi connectivity index (χ0n) is 7.47. The van der Waals surface area contributed by atoms with Gasteiger partial charge in [0, 0.05) is 17.7 Å². The van der Waals surface area contributed by atoms with Crippen molar-refractivity contribution in [2.45, 2.75) is 19.1 Å². The van der Waals surface area contributed by atoms with Crippen LogP contribution in [-0.2, 0) is 0 Å². The first-order valence-corrected chi connectivity index (χ1v) is 4.01. The molecule has 0 unspecified atom stereocenters. The fraction of sp³-hybridized carbons (Fsp3) is 0.333. The molecular weight excluding hydrogens is 195 g/mol. The SMILES string of the molecule is C[C@@H](N)[C@H](O)c1cc(F)c(F)cc1F. The maximum atomic E-state index is 13.0. The minimum atomic E-state index is -1.34. The predicted octanol–water partition coefficient (Wildman–Crippen LogP) is 1.48. The number of nitrogens with two attached hydrogens (primary N) is 1. The lowest BCUT2D eigenvalue weighted by Crippen LogP contribution is -2.25. The van der Waals surface area contributed by atoms with E-state index in [-0.39, 0.29) is 5.56 Å². The monoisotopic (exact) mass is 205 g/mol. The van der Waals surface area contributed by atoms with Gasteiger partial charge in [-0.1, -0.05) is 0 Å². The average molecular weight is 205 g/mol. The summed E-state index contributed by atoms with van der Waals surface area (Å²) < 4.78 is 38.2. The summed E-state index contributed by atoms with van der Waals surface area (Å²) in [6.45, 7) is 1.44. The molecule has 0 spiro atoms. The summed E-state index contributed by atoms with van der Waals surface area (Å²) >= 11 is 0. The van der Waals surface area contributed by atoms with E-state index < -0.39 is 29.6 Å². The zero-order valence-corrected chi connectivity index (χ0v) is 7.47. The van der Waals surface area contributed by atoms with Crippen LogP contribution in [-0.4, -0.2) is 11.1 Å². The van der Waals surface area contributed by atoms with Crippen molar-refractivity contribution in [1.29, 1.82) is 0 Å². The van der Waals surface area contributed by atoms with E-state index in [0.717, 1.165) is 0 Å². The molecule has 0 aliphatic heterocycles. The van der Waals surface area contributed by atoms with Crippen LogP contribution in [0.5, 0.6) is 0 Å². The van der Waals surface area contributed by atoms with E-state index in [9.17, 15) is 18.3 Å². The van der Waals surface area contributed by atoms with Crippen molar-refractivity contribution in [2.24, 2.45) is 5.73 Å². The third kappa shape index (κ3) is 2.05. The van der Waals surface area contributed by atoms with Crippen LogP contribution < -0.4 is 5.73 Å². The molecular formula is C9H10F3NO. The van der Waals surface area contributed by atoms with Gasteiger partial charge in [0.15, 0.2) is 11.6 Å². The summed E-state index contributed by atoms with van der Waals surface area (Å²) in [4.78, 5) is 0. The van der Waals surface area contributed by atoms with Gasteiger partial charge in [-0.25, -0.2) is 13.2 Å². The van der Waals surface area contributed by atoms with Crippen molar-refractivity contribution in [3.63, 3.8) is 0 Å². The minimum Gasteiger partial charge on any atom is -0.387 e. The minimum absolute atomic E-state index is 0.334. The zero-order chi connectivity index (χ0) is 10.9. The number of aliphatic hydroxyl groups is 1. The van der Waals surface area contributed by atoms with E-state index in [4.69, 9.17) is 5.73 Å². The molecule has 0 saturated carbocycles. The van der Waals surface area contributed by atoms with Gasteiger partial charge < -0.3 is 10.8 Å². The number of benzene rings is 1. The molecule has 0 radical (unpaired) electrons. The fourth-order valence-corrected chi connectivity index (χ4v) is 1.05. The van der Waals surface area contributed by atoms with Crippen molar-refractivity contribution < 1.29 is 18.3 Å². The Bertz CT molecular complexity index is 341. The van der Waals surface area contributed by atoms with Crippen LogP contribution in [0.4, 0.5) is 13.2 Å². The molecule has 5 heteroatoms. The summed E-state index contributed by atoms with van der Waals surface area (Å²) in [5.74, 6) is -3.50. The molecule has 1 rings (SSSR count). The van der Waals surface area contributed by atoms with Gasteiger partial charge in [0.2, 0.25) is 0 Å². The topological polar surface area (TPSA) is 46.2 Å². The van der Waals surface area contributed by atoms with Gasteiger partial charge in [0.1, 0.15) is 5.82 Å². The molecule has 0 aromatic heterocycles. The number of hydrogen-bond donors (Lipinski definition) is 2. The van der Waals surface area contributed by atoms with Gasteiger partial charge in [-0.3, -0.25) is 0 Å². The lowest BCUT2D eigenvalue weighted by Gasteiger charge is -2.15. The van der Waals surface area contributed by atoms with E-state index in [0.29, 0.717) is 12.1 Å². The average Bonchev–Trinajstić information content (AvgIpc) is 2.10. The Kier molecular flexibility index (Phi) is 3.13. The number of rotatable bonds is 2. The summed E-state index contributed by atoms with van der Waals surface area (Å²) in [6, 6.07) is 0.240. The number of aliphatic hydroxyl groups excluding tert-OH is 1. The van der Waals surface area contributed by atoms with Crippen molar-refractivity contribution in [3.05, 3.63) is 35.1 Å². The lowest BCUT2D eigenvalue weighted by molar-refractivity contribution is 0.148. The third-order valence-electron chi connectivity index (χ3n) is 1.86. The van der Waals surface area contributed by atoms with Crippen LogP contribution in [0.25, 0.3) is 0 Å². The highest BCUT2D eigenvalue weighted by molar-refractivity contribution is 5.23. The Morgan fingerprint density at radius 3 is 2.14 bits per heavy atom. The van der Waals surface area contributed by atoms with Gasteiger partial charge in [-0.05, 0) is 13.0 Å². The molecule has 2 nitrogen and oxygen atoms in total. The largest absolute Gasteiger partial charge is 0.387 e. The molecule has 0 aliphatic carbocycles. The molecule has 1 aromatic carbocycles. The van der Waals surface area contributed by atoms with Crippen molar-refractivity contribution >= 4 is 0 Å². The highest BCUT2D eigenvalue weighted by atomic mass is 19.2. The second-order valence-corrected chi connectivity index (χ2v) is 3.09. The predicted molar refractivity (Wildman–Crippen MR) is 44.9 cm³/mol. The van der Waals surface area contributed by atoms with E-state index in [1.807, 2.05) is 0 Å². The van der Waals surface area contributed by atoms with Crippen LogP contribution in [0, 0.1) is 17.5 Å². The second kappa shape index (κ2) is 3.98. The number of hydrogen-bond acceptors (Lipinski definition) is 2. The van der Waals surface area contributed by atoms with E-state index >= 15 is 0 Å². The quantitative estimate of drug-likeness (QED) is 0.718. The third-order valence-corrected chi connectivity index (χ3v) is 1.86. The molecule has 0 heterocycles. The fourth-order valence-electron chi connectivity index (χ4n) is 1.05. The normalized spacial score (nSPS) is 15.3. The molecule has 0 saturated heterocycles. The van der Waals surface area contributed by atoms with Crippen molar-refractivity contribution in [1.82, 2.24) is 0 Å². The summed E-state index contributed by atoms with van der Waals surface area (Å²) in [6.07, 6.45) is -1.34. The first-order valence-electron chi connectivity index (χ1n) is 4.01. The number of halogens is 3. The second-order valence-electron chi connectivity index (χ2n) is 3.09. The summed E-state index contributed by atoms with van der Waals surface area (Å²) in [5.41, 5.74) is 4.96. The highest BCUT2D eigenvalue weighted by Crippen LogP contribution is 2.21. The Balaban J connectivity index is 3.15. The molecule has 0 amide bonds. The van der Waals surface area contributed by atoms with Gasteiger partial charge in [-0.15, -0.1) is 0 Å².